The van der Waals surface area contributed by atoms with Crippen molar-refractivity contribution in [3.05, 3.63) is 70.7 Å². The number of methoxy groups -OCH3 is 1. The number of allylic oxidation sites excluding steroid dienone is 2. The third-order valence-corrected chi connectivity index (χ3v) is 7.95. The number of alkyl halides is 3. The largest absolute Gasteiger partial charge is 0.453 e. The van der Waals surface area contributed by atoms with Gasteiger partial charge in [0.1, 0.15) is 23.0 Å². The molecule has 1 unspecified atom stereocenters. The van der Waals surface area contributed by atoms with Crippen molar-refractivity contribution in [1.29, 1.82) is 0 Å². The van der Waals surface area contributed by atoms with Gasteiger partial charge in [0.25, 0.3) is 0 Å². The number of ether oxygens (including phenoxy) is 2. The number of rotatable bonds is 4. The van der Waals surface area contributed by atoms with Crippen molar-refractivity contribution in [3.63, 3.8) is 0 Å². The highest BCUT2D eigenvalue weighted by Gasteiger charge is 2.37. The van der Waals surface area contributed by atoms with Gasteiger partial charge in [-0.15, -0.1) is 0 Å². The topological polar surface area (TPSA) is 68.4 Å². The molecule has 0 saturated carbocycles. The fraction of sp³-hybridized carbons (Fsp3) is 0.433. The Morgan fingerprint density at radius 1 is 1.17 bits per heavy atom. The van der Waals surface area contributed by atoms with E-state index in [1.54, 1.807) is 30.5 Å². The molecule has 1 fully saturated rings. The second-order valence-electron chi connectivity index (χ2n) is 10.9. The van der Waals surface area contributed by atoms with E-state index in [2.05, 4.69) is 9.98 Å². The predicted molar refractivity (Wildman–Crippen MR) is 146 cm³/mol. The van der Waals surface area contributed by atoms with Gasteiger partial charge in [-0.05, 0) is 49.1 Å². The number of aromatic nitrogens is 2. The van der Waals surface area contributed by atoms with E-state index in [1.807, 2.05) is 13.0 Å². The van der Waals surface area contributed by atoms with Crippen molar-refractivity contribution in [2.75, 3.05) is 26.8 Å². The SMILES string of the molecule is COC(=O)N1CCO[C@@H](Cc2c(-c3c(F)cc(C4=NC(C(F)(F)F)=CC[C@@H](C)C4C)cc3F)nc3cc(C)ccn23)C1. The second-order valence-corrected chi connectivity index (χ2v) is 10.9. The van der Waals surface area contributed by atoms with Gasteiger partial charge in [-0.2, -0.15) is 13.2 Å². The summed E-state index contributed by atoms with van der Waals surface area (Å²) in [5.41, 5.74) is 0.273. The number of amides is 1. The third-order valence-electron chi connectivity index (χ3n) is 7.95. The maximum absolute atomic E-state index is 15.9. The summed E-state index contributed by atoms with van der Waals surface area (Å²) in [6.45, 7) is 6.15. The van der Waals surface area contributed by atoms with Gasteiger partial charge in [-0.25, -0.2) is 23.6 Å². The highest BCUT2D eigenvalue weighted by atomic mass is 19.4. The number of halogens is 5. The van der Waals surface area contributed by atoms with E-state index < -0.39 is 47.2 Å². The summed E-state index contributed by atoms with van der Waals surface area (Å²) >= 11 is 0. The molecule has 42 heavy (non-hydrogen) atoms. The molecule has 1 saturated heterocycles. The maximum atomic E-state index is 15.9. The number of aliphatic imine (C=N–C) groups is 1. The summed E-state index contributed by atoms with van der Waals surface area (Å²) in [4.78, 5) is 22.0. The average Bonchev–Trinajstić information content (AvgIpc) is 3.18. The Morgan fingerprint density at radius 3 is 2.55 bits per heavy atom. The van der Waals surface area contributed by atoms with E-state index in [-0.39, 0.29) is 48.9 Å². The Morgan fingerprint density at radius 2 is 1.88 bits per heavy atom. The van der Waals surface area contributed by atoms with Gasteiger partial charge < -0.3 is 18.8 Å². The Hall–Kier alpha value is -3.80. The zero-order chi connectivity index (χ0) is 30.3. The molecule has 2 aliphatic heterocycles. The molecular formula is C30H31F5N4O3. The molecule has 224 valence electrons. The van der Waals surface area contributed by atoms with E-state index in [4.69, 9.17) is 9.47 Å². The van der Waals surface area contributed by atoms with Gasteiger partial charge in [-0.3, -0.25) is 0 Å². The van der Waals surface area contributed by atoms with E-state index in [0.717, 1.165) is 23.8 Å². The van der Waals surface area contributed by atoms with Crippen LogP contribution in [0.4, 0.5) is 26.7 Å². The molecule has 12 heteroatoms. The first-order valence-corrected chi connectivity index (χ1v) is 13.6. The molecule has 7 nitrogen and oxygen atoms in total. The highest BCUT2D eigenvalue weighted by molar-refractivity contribution is 6.03. The summed E-state index contributed by atoms with van der Waals surface area (Å²) in [7, 11) is 1.29. The van der Waals surface area contributed by atoms with Crippen molar-refractivity contribution in [3.8, 4) is 11.3 Å². The summed E-state index contributed by atoms with van der Waals surface area (Å²) in [6.07, 6.45) is -2.62. The van der Waals surface area contributed by atoms with Gasteiger partial charge in [0.15, 0.2) is 0 Å². The molecule has 0 N–H and O–H groups in total. The fourth-order valence-corrected chi connectivity index (χ4v) is 5.45. The Bertz CT molecular complexity index is 1560. The first-order valence-electron chi connectivity index (χ1n) is 13.6. The quantitative estimate of drug-likeness (QED) is 0.325. The van der Waals surface area contributed by atoms with E-state index >= 15 is 8.78 Å². The van der Waals surface area contributed by atoms with Crippen LogP contribution in [0.5, 0.6) is 0 Å². The fourth-order valence-electron chi connectivity index (χ4n) is 5.45. The van der Waals surface area contributed by atoms with Crippen LogP contribution in [0.15, 0.2) is 47.2 Å². The first-order chi connectivity index (χ1) is 19.9. The van der Waals surface area contributed by atoms with Crippen molar-refractivity contribution >= 4 is 17.5 Å². The smallest absolute Gasteiger partial charge is 0.433 e. The lowest BCUT2D eigenvalue weighted by Crippen LogP contribution is -2.46. The van der Waals surface area contributed by atoms with Crippen LogP contribution in [0.3, 0.4) is 0 Å². The minimum Gasteiger partial charge on any atom is -0.453 e. The summed E-state index contributed by atoms with van der Waals surface area (Å²) in [5, 5.41) is 0. The molecule has 0 radical (unpaired) electrons. The first kappa shape index (κ1) is 29.7. The number of hydrogen-bond acceptors (Lipinski definition) is 5. The maximum Gasteiger partial charge on any atom is 0.433 e. The van der Waals surface area contributed by atoms with E-state index in [9.17, 15) is 18.0 Å². The van der Waals surface area contributed by atoms with Gasteiger partial charge in [-0.1, -0.05) is 19.9 Å². The van der Waals surface area contributed by atoms with Crippen LogP contribution >= 0.6 is 0 Å². The zero-order valence-electron chi connectivity index (χ0n) is 23.6. The van der Waals surface area contributed by atoms with Crippen LogP contribution in [-0.4, -0.2) is 65.2 Å². The lowest BCUT2D eigenvalue weighted by molar-refractivity contribution is -0.0925. The molecule has 3 atom stereocenters. The minimum atomic E-state index is -4.69. The molecular weight excluding hydrogens is 559 g/mol. The number of aryl methyl sites for hydroxylation is 1. The normalized spacial score (nSPS) is 21.6. The summed E-state index contributed by atoms with van der Waals surface area (Å²) in [5.74, 6) is -2.67. The lowest BCUT2D eigenvalue weighted by Gasteiger charge is -2.32. The number of nitrogens with zero attached hydrogens (tertiary/aromatic N) is 4. The van der Waals surface area contributed by atoms with Gasteiger partial charge >= 0.3 is 12.3 Å². The summed E-state index contributed by atoms with van der Waals surface area (Å²) in [6, 6.07) is 5.65. The van der Waals surface area contributed by atoms with Gasteiger partial charge in [0.2, 0.25) is 0 Å². The lowest BCUT2D eigenvalue weighted by atomic mass is 9.86. The predicted octanol–water partition coefficient (Wildman–Crippen LogP) is 6.51. The standard InChI is InChI=1S/C30H31F5N4O3/c1-16-7-8-39-23(14-20-15-38(9-10-42-20)29(40)41-4)28(37-25(39)11-16)26-21(31)12-19(13-22(26)32)27-18(3)17(2)5-6-24(36-27)30(33,34)35/h6-8,11-13,17-18,20H,5,9-10,14-15H2,1-4H3/t17-,18?,20+/m1/s1. The average molecular weight is 591 g/mol. The van der Waals surface area contributed by atoms with Crippen LogP contribution in [-0.2, 0) is 15.9 Å². The van der Waals surface area contributed by atoms with Crippen molar-refractivity contribution in [2.24, 2.45) is 16.8 Å². The number of morpholine rings is 1. The Kier molecular flexibility index (Phi) is 8.10. The third kappa shape index (κ3) is 5.77. The Labute approximate surface area is 239 Å². The number of carbonyl (C=O) groups excluding carboxylic acids is 1. The number of benzene rings is 1. The summed E-state index contributed by atoms with van der Waals surface area (Å²) < 4.78 is 85.0. The molecule has 0 aliphatic carbocycles. The number of pyridine rings is 1. The molecule has 5 rings (SSSR count). The van der Waals surface area contributed by atoms with Crippen LogP contribution in [0.1, 0.15) is 37.1 Å². The molecule has 2 aliphatic rings. The van der Waals surface area contributed by atoms with Crippen LogP contribution in [0.2, 0.25) is 0 Å². The van der Waals surface area contributed by atoms with Crippen LogP contribution in [0, 0.1) is 30.4 Å². The molecule has 4 heterocycles. The highest BCUT2D eigenvalue weighted by Crippen LogP contribution is 2.36. The number of imidazole rings is 1. The van der Waals surface area contributed by atoms with Crippen molar-refractivity contribution < 1.29 is 36.2 Å². The number of hydrogen-bond donors (Lipinski definition) is 0. The molecule has 1 amide bonds. The molecule has 1 aromatic carbocycles. The van der Waals surface area contributed by atoms with E-state index in [0.29, 0.717) is 17.9 Å². The second kappa shape index (κ2) is 11.5. The molecule has 0 bridgehead atoms. The molecule has 0 spiro atoms. The minimum absolute atomic E-state index is 0.0303. The number of carbonyl (C=O) groups is 1. The zero-order valence-corrected chi connectivity index (χ0v) is 23.6. The molecule has 3 aromatic rings. The van der Waals surface area contributed by atoms with Gasteiger partial charge in [0, 0.05) is 30.6 Å². The van der Waals surface area contributed by atoms with Crippen LogP contribution < -0.4 is 0 Å². The molecule has 2 aromatic heterocycles. The number of fused-ring (bicyclic) bond motifs is 1. The van der Waals surface area contributed by atoms with Crippen LogP contribution in [0.25, 0.3) is 16.9 Å². The van der Waals surface area contributed by atoms with Crippen molar-refractivity contribution in [1.82, 2.24) is 14.3 Å². The Balaban J connectivity index is 1.59. The van der Waals surface area contributed by atoms with E-state index in [1.165, 1.54) is 12.0 Å². The van der Waals surface area contributed by atoms with Crippen molar-refractivity contribution in [2.45, 2.75) is 45.9 Å². The van der Waals surface area contributed by atoms with Gasteiger partial charge in [0.05, 0.1) is 49.0 Å². The monoisotopic (exact) mass is 590 g/mol.